The maximum atomic E-state index is 5.25. The zero-order valence-electron chi connectivity index (χ0n) is 9.45. The molecule has 0 bridgehead atoms. The molecule has 0 saturated heterocycles. The third kappa shape index (κ3) is 2.48. The molecule has 2 heteroatoms. The minimum atomic E-state index is 0.177. The molecule has 0 N–H and O–H groups in total. The zero-order valence-corrected chi connectivity index (χ0v) is 9.45. The van der Waals surface area contributed by atoms with E-state index in [9.17, 15) is 0 Å². The molecule has 0 aliphatic carbocycles. The Morgan fingerprint density at radius 3 is 2.29 bits per heavy atom. The number of methoxy groups -OCH3 is 1. The average Bonchev–Trinajstić information content (AvgIpc) is 2.27. The molecular weight excluding hydrogens is 174 g/mol. The lowest BCUT2D eigenvalue weighted by Crippen LogP contribution is -2.15. The van der Waals surface area contributed by atoms with Crippen LogP contribution >= 0.6 is 0 Å². The van der Waals surface area contributed by atoms with Crippen molar-refractivity contribution in [2.75, 3.05) is 25.6 Å². The molecule has 0 fully saturated rings. The second kappa shape index (κ2) is 5.01. The molecule has 1 unspecified atom stereocenters. The molecule has 1 atom stereocenters. The highest BCUT2D eigenvalue weighted by Gasteiger charge is 2.03. The van der Waals surface area contributed by atoms with Gasteiger partial charge in [-0.25, -0.2) is 0 Å². The lowest BCUT2D eigenvalue weighted by atomic mass is 10.1. The van der Waals surface area contributed by atoms with Crippen LogP contribution in [0.25, 0.3) is 0 Å². The van der Waals surface area contributed by atoms with Crippen molar-refractivity contribution in [3.05, 3.63) is 29.8 Å². The summed E-state index contributed by atoms with van der Waals surface area (Å²) >= 11 is 0. The summed E-state index contributed by atoms with van der Waals surface area (Å²) in [6.45, 7) is 5.23. The summed E-state index contributed by atoms with van der Waals surface area (Å²) < 4.78 is 5.25. The molecule has 0 aliphatic rings. The molecule has 14 heavy (non-hydrogen) atoms. The second-order valence-electron chi connectivity index (χ2n) is 3.48. The van der Waals surface area contributed by atoms with Crippen LogP contribution in [-0.4, -0.2) is 20.7 Å². The molecule has 0 aliphatic heterocycles. The fourth-order valence-corrected chi connectivity index (χ4v) is 1.32. The molecule has 78 valence electrons. The third-order valence-electron chi connectivity index (χ3n) is 2.63. The smallest absolute Gasteiger partial charge is 0.0793 e. The SMILES string of the molecule is CCN(C)c1ccc(C(C)OC)cc1. The molecule has 0 spiro atoms. The van der Waals surface area contributed by atoms with Gasteiger partial charge < -0.3 is 9.64 Å². The van der Waals surface area contributed by atoms with Crippen molar-refractivity contribution in [2.24, 2.45) is 0 Å². The van der Waals surface area contributed by atoms with Gasteiger partial charge in [0.2, 0.25) is 0 Å². The van der Waals surface area contributed by atoms with Crippen molar-refractivity contribution in [1.29, 1.82) is 0 Å². The molecule has 1 rings (SSSR count). The van der Waals surface area contributed by atoms with Crippen molar-refractivity contribution in [2.45, 2.75) is 20.0 Å². The Labute approximate surface area is 86.5 Å². The number of hydrogen-bond donors (Lipinski definition) is 0. The molecule has 0 aromatic heterocycles. The summed E-state index contributed by atoms with van der Waals surface area (Å²) in [6.07, 6.45) is 0.177. The molecule has 0 saturated carbocycles. The Balaban J connectivity index is 2.78. The molecule has 2 nitrogen and oxygen atoms in total. The normalized spacial score (nSPS) is 12.6. The molecule has 0 radical (unpaired) electrons. The van der Waals surface area contributed by atoms with Crippen molar-refractivity contribution in [3.8, 4) is 0 Å². The molecule has 0 heterocycles. The summed E-state index contributed by atoms with van der Waals surface area (Å²) in [5.41, 5.74) is 2.47. The minimum Gasteiger partial charge on any atom is -0.377 e. The monoisotopic (exact) mass is 193 g/mol. The highest BCUT2D eigenvalue weighted by molar-refractivity contribution is 5.46. The van der Waals surface area contributed by atoms with Gasteiger partial charge in [0.1, 0.15) is 0 Å². The Morgan fingerprint density at radius 2 is 1.86 bits per heavy atom. The largest absolute Gasteiger partial charge is 0.377 e. The van der Waals surface area contributed by atoms with Crippen LogP contribution in [0.1, 0.15) is 25.5 Å². The van der Waals surface area contributed by atoms with Gasteiger partial charge in [-0.3, -0.25) is 0 Å². The first-order chi connectivity index (χ1) is 6.69. The van der Waals surface area contributed by atoms with Crippen molar-refractivity contribution in [3.63, 3.8) is 0 Å². The molecule has 1 aromatic carbocycles. The first-order valence-corrected chi connectivity index (χ1v) is 5.03. The summed E-state index contributed by atoms with van der Waals surface area (Å²) in [4.78, 5) is 2.21. The summed E-state index contributed by atoms with van der Waals surface area (Å²) in [6, 6.07) is 8.51. The maximum Gasteiger partial charge on any atom is 0.0793 e. The number of anilines is 1. The van der Waals surface area contributed by atoms with E-state index in [1.807, 2.05) is 0 Å². The first-order valence-electron chi connectivity index (χ1n) is 5.03. The quantitative estimate of drug-likeness (QED) is 0.729. The van der Waals surface area contributed by atoms with Crippen LogP contribution in [0.3, 0.4) is 0 Å². The highest BCUT2D eigenvalue weighted by atomic mass is 16.5. The summed E-state index contributed by atoms with van der Waals surface area (Å²) in [5, 5.41) is 0. The van der Waals surface area contributed by atoms with E-state index in [1.54, 1.807) is 7.11 Å². The lowest BCUT2D eigenvalue weighted by molar-refractivity contribution is 0.119. The Bertz CT molecular complexity index is 239. The number of ether oxygens (including phenoxy) is 1. The average molecular weight is 193 g/mol. The van der Waals surface area contributed by atoms with Gasteiger partial charge in [0.25, 0.3) is 0 Å². The molecule has 0 amide bonds. The van der Waals surface area contributed by atoms with Gasteiger partial charge in [-0.05, 0) is 31.5 Å². The predicted molar refractivity (Wildman–Crippen MR) is 60.8 cm³/mol. The predicted octanol–water partition coefficient (Wildman–Crippen LogP) is 2.85. The standard InChI is InChI=1S/C12H19NO/c1-5-13(3)12-8-6-11(7-9-12)10(2)14-4/h6-10H,5H2,1-4H3. The Hall–Kier alpha value is -1.02. The van der Waals surface area contributed by atoms with Crippen LogP contribution in [0.15, 0.2) is 24.3 Å². The van der Waals surface area contributed by atoms with Crippen molar-refractivity contribution >= 4 is 5.69 Å². The van der Waals surface area contributed by atoms with Crippen molar-refractivity contribution in [1.82, 2.24) is 0 Å². The van der Waals surface area contributed by atoms with E-state index in [1.165, 1.54) is 11.3 Å². The van der Waals surface area contributed by atoms with Gasteiger partial charge in [-0.2, -0.15) is 0 Å². The maximum absolute atomic E-state index is 5.25. The number of benzene rings is 1. The van der Waals surface area contributed by atoms with Crippen LogP contribution in [0, 0.1) is 0 Å². The lowest BCUT2D eigenvalue weighted by Gasteiger charge is -2.18. The van der Waals surface area contributed by atoms with Crippen molar-refractivity contribution < 1.29 is 4.74 Å². The van der Waals surface area contributed by atoms with E-state index in [4.69, 9.17) is 4.74 Å². The summed E-state index contributed by atoms with van der Waals surface area (Å²) in [5.74, 6) is 0. The van der Waals surface area contributed by atoms with Crippen LogP contribution < -0.4 is 4.90 Å². The number of rotatable bonds is 4. The van der Waals surface area contributed by atoms with Gasteiger partial charge in [0, 0.05) is 26.4 Å². The number of nitrogens with zero attached hydrogens (tertiary/aromatic N) is 1. The van der Waals surface area contributed by atoms with Gasteiger partial charge in [-0.15, -0.1) is 0 Å². The first kappa shape index (κ1) is 11.1. The van der Waals surface area contributed by atoms with E-state index in [0.29, 0.717) is 0 Å². The van der Waals surface area contributed by atoms with Crippen LogP contribution in [0.5, 0.6) is 0 Å². The third-order valence-corrected chi connectivity index (χ3v) is 2.63. The fourth-order valence-electron chi connectivity index (χ4n) is 1.32. The Morgan fingerprint density at radius 1 is 1.29 bits per heavy atom. The minimum absolute atomic E-state index is 0.177. The van der Waals surface area contributed by atoms with E-state index >= 15 is 0 Å². The zero-order chi connectivity index (χ0) is 10.6. The van der Waals surface area contributed by atoms with E-state index in [0.717, 1.165) is 6.54 Å². The van der Waals surface area contributed by atoms with E-state index in [-0.39, 0.29) is 6.10 Å². The van der Waals surface area contributed by atoms with E-state index in [2.05, 4.69) is 50.1 Å². The van der Waals surface area contributed by atoms with Gasteiger partial charge in [-0.1, -0.05) is 12.1 Å². The highest BCUT2D eigenvalue weighted by Crippen LogP contribution is 2.19. The van der Waals surface area contributed by atoms with Crippen LogP contribution in [0.2, 0.25) is 0 Å². The van der Waals surface area contributed by atoms with Crippen LogP contribution in [0.4, 0.5) is 5.69 Å². The van der Waals surface area contributed by atoms with Crippen LogP contribution in [-0.2, 0) is 4.74 Å². The molecular formula is C12H19NO. The van der Waals surface area contributed by atoms with Gasteiger partial charge >= 0.3 is 0 Å². The van der Waals surface area contributed by atoms with E-state index < -0.39 is 0 Å². The second-order valence-corrected chi connectivity index (χ2v) is 3.48. The Kier molecular flexibility index (Phi) is 3.96. The number of hydrogen-bond acceptors (Lipinski definition) is 2. The fraction of sp³-hybridized carbons (Fsp3) is 0.500. The topological polar surface area (TPSA) is 12.5 Å². The molecule has 1 aromatic rings. The van der Waals surface area contributed by atoms with Gasteiger partial charge in [0.15, 0.2) is 0 Å². The van der Waals surface area contributed by atoms with Gasteiger partial charge in [0.05, 0.1) is 6.10 Å². The summed E-state index contributed by atoms with van der Waals surface area (Å²) in [7, 11) is 3.82.